The molecule has 1 heterocycles. The first-order chi connectivity index (χ1) is 11.3. The average Bonchev–Trinajstić information content (AvgIpc) is 2.62. The maximum Gasteiger partial charge on any atom is 0.151 e. The molecule has 2 aromatic carbocycles. The Morgan fingerprint density at radius 3 is 1.48 bits per heavy atom. The summed E-state index contributed by atoms with van der Waals surface area (Å²) in [6.45, 7) is 4.28. The first kappa shape index (κ1) is 15.9. The van der Waals surface area contributed by atoms with Crippen molar-refractivity contribution < 1.29 is 10.1 Å². The summed E-state index contributed by atoms with van der Waals surface area (Å²) in [5, 5.41) is 2.44. The van der Waals surface area contributed by atoms with E-state index in [-0.39, 0.29) is 23.9 Å². The number of hydrogen-bond acceptors (Lipinski definition) is 1. The quantitative estimate of drug-likeness (QED) is 0.918. The van der Waals surface area contributed by atoms with Crippen LogP contribution in [0.5, 0.6) is 0 Å². The third-order valence-electron chi connectivity index (χ3n) is 5.26. The maximum atomic E-state index is 13.1. The van der Waals surface area contributed by atoms with Crippen molar-refractivity contribution in [3.8, 4) is 0 Å². The Labute approximate surface area is 138 Å². The van der Waals surface area contributed by atoms with Crippen molar-refractivity contribution >= 4 is 5.78 Å². The summed E-state index contributed by atoms with van der Waals surface area (Å²) in [6, 6.07) is 21.5. The lowest BCUT2D eigenvalue weighted by Gasteiger charge is -2.38. The molecular weight excluding hydrogens is 282 g/mol. The van der Waals surface area contributed by atoms with Crippen LogP contribution in [0.1, 0.15) is 49.9 Å². The molecule has 23 heavy (non-hydrogen) atoms. The van der Waals surface area contributed by atoms with Crippen molar-refractivity contribution in [3.63, 3.8) is 0 Å². The van der Waals surface area contributed by atoms with E-state index in [4.69, 9.17) is 0 Å². The molecule has 1 aliphatic rings. The molecule has 3 rings (SSSR count). The Hall–Kier alpha value is -1.93. The Balaban J connectivity index is 1.99. The maximum absolute atomic E-state index is 13.1. The first-order valence-electron chi connectivity index (χ1n) is 8.74. The van der Waals surface area contributed by atoms with Crippen molar-refractivity contribution in [2.45, 2.75) is 38.8 Å². The normalized spacial score (nSPS) is 27.8. The second kappa shape index (κ2) is 7.10. The number of Topliss-reactive ketones (excluding diaryl/α,β-unsaturated/α-hetero) is 1. The van der Waals surface area contributed by atoms with E-state index in [1.807, 2.05) is 12.1 Å². The van der Waals surface area contributed by atoms with Crippen molar-refractivity contribution in [2.24, 2.45) is 11.8 Å². The number of carbonyl (C=O) groups is 1. The fraction of sp³-hybridized carbons (Fsp3) is 0.381. The van der Waals surface area contributed by atoms with Gasteiger partial charge in [0.25, 0.3) is 0 Å². The predicted molar refractivity (Wildman–Crippen MR) is 92.9 cm³/mol. The van der Waals surface area contributed by atoms with Crippen LogP contribution in [0.2, 0.25) is 0 Å². The van der Waals surface area contributed by atoms with Gasteiger partial charge in [0.2, 0.25) is 0 Å². The van der Waals surface area contributed by atoms with Crippen LogP contribution in [0.4, 0.5) is 0 Å². The number of benzene rings is 2. The van der Waals surface area contributed by atoms with Crippen molar-refractivity contribution in [3.05, 3.63) is 71.8 Å². The second-order valence-corrected chi connectivity index (χ2v) is 6.50. The Morgan fingerprint density at radius 1 is 0.739 bits per heavy atom. The molecule has 0 bridgehead atoms. The van der Waals surface area contributed by atoms with Gasteiger partial charge in [-0.3, -0.25) is 4.79 Å². The monoisotopic (exact) mass is 308 g/mol. The van der Waals surface area contributed by atoms with Crippen LogP contribution in [0.3, 0.4) is 0 Å². The molecule has 0 aromatic heterocycles. The zero-order valence-corrected chi connectivity index (χ0v) is 14.0. The molecule has 2 N–H and O–H groups in total. The molecule has 1 aliphatic heterocycles. The highest BCUT2D eigenvalue weighted by Crippen LogP contribution is 2.35. The largest absolute Gasteiger partial charge is 0.333 e. The van der Waals surface area contributed by atoms with E-state index in [1.54, 1.807) is 0 Å². The van der Waals surface area contributed by atoms with Crippen molar-refractivity contribution in [1.29, 1.82) is 0 Å². The molecule has 2 heteroatoms. The van der Waals surface area contributed by atoms with Crippen LogP contribution in [0.15, 0.2) is 60.7 Å². The van der Waals surface area contributed by atoms with E-state index >= 15 is 0 Å². The molecule has 4 atom stereocenters. The summed E-state index contributed by atoms with van der Waals surface area (Å²) >= 11 is 0. The molecular formula is C21H26NO+. The number of ketones is 1. The predicted octanol–water partition coefficient (Wildman–Crippen LogP) is 3.67. The van der Waals surface area contributed by atoms with Crippen LogP contribution in [0.25, 0.3) is 0 Å². The third kappa shape index (κ3) is 3.09. The highest BCUT2D eigenvalue weighted by molar-refractivity contribution is 5.85. The molecule has 1 fully saturated rings. The Bertz CT molecular complexity index is 582. The minimum absolute atomic E-state index is 0.113. The number of piperidine rings is 1. The lowest BCUT2D eigenvalue weighted by Crippen LogP contribution is -2.91. The highest BCUT2D eigenvalue weighted by Gasteiger charge is 2.46. The van der Waals surface area contributed by atoms with Gasteiger partial charge in [0, 0.05) is 11.1 Å². The zero-order chi connectivity index (χ0) is 16.2. The summed E-state index contributed by atoms with van der Waals surface area (Å²) in [4.78, 5) is 13.1. The van der Waals surface area contributed by atoms with Gasteiger partial charge in [-0.2, -0.15) is 0 Å². The highest BCUT2D eigenvalue weighted by atomic mass is 16.1. The standard InChI is InChI=1S/C21H25NO/c1-3-17-19(15-11-7-5-8-12-15)22-20(18(4-2)21(17)23)16-13-9-6-10-14-16/h5-14,17-20,22H,3-4H2,1-2H3/p+1/t17-,18+,19-,20-/m1/s1. The SMILES string of the molecule is CC[C@@H]1C(=O)[C@H](CC)[C@@H](c2ccccc2)[NH2+][C@@H]1c1ccccc1. The molecule has 0 unspecified atom stereocenters. The minimum atomic E-state index is 0.113. The smallest absolute Gasteiger partial charge is 0.151 e. The molecule has 0 radical (unpaired) electrons. The second-order valence-electron chi connectivity index (χ2n) is 6.50. The molecule has 120 valence electrons. The van der Waals surface area contributed by atoms with Crippen LogP contribution in [0, 0.1) is 11.8 Å². The van der Waals surface area contributed by atoms with Crippen molar-refractivity contribution in [1.82, 2.24) is 0 Å². The van der Waals surface area contributed by atoms with Crippen molar-refractivity contribution in [2.75, 3.05) is 0 Å². The minimum Gasteiger partial charge on any atom is -0.333 e. The van der Waals surface area contributed by atoms with E-state index in [1.165, 1.54) is 11.1 Å². The number of rotatable bonds is 4. The molecule has 1 saturated heterocycles. The van der Waals surface area contributed by atoms with Gasteiger partial charge in [-0.15, -0.1) is 0 Å². The molecule has 0 amide bonds. The molecule has 0 aliphatic carbocycles. The summed E-state index contributed by atoms with van der Waals surface area (Å²) in [5.41, 5.74) is 2.53. The fourth-order valence-electron chi connectivity index (χ4n) is 4.07. The van der Waals surface area contributed by atoms with E-state index in [9.17, 15) is 4.79 Å². The van der Waals surface area contributed by atoms with E-state index in [2.05, 4.69) is 67.7 Å². The lowest BCUT2D eigenvalue weighted by atomic mass is 9.73. The summed E-state index contributed by atoms with van der Waals surface area (Å²) in [5.74, 6) is 0.671. The first-order valence-corrected chi connectivity index (χ1v) is 8.74. The number of carbonyl (C=O) groups excluding carboxylic acids is 1. The molecule has 0 spiro atoms. The van der Waals surface area contributed by atoms with Gasteiger partial charge >= 0.3 is 0 Å². The van der Waals surface area contributed by atoms with Gasteiger partial charge in [0.1, 0.15) is 12.1 Å². The Morgan fingerprint density at radius 2 is 1.13 bits per heavy atom. The molecule has 0 saturated carbocycles. The lowest BCUT2D eigenvalue weighted by molar-refractivity contribution is -0.749. The molecule has 2 aromatic rings. The zero-order valence-electron chi connectivity index (χ0n) is 14.0. The summed E-state index contributed by atoms with van der Waals surface area (Å²) in [7, 11) is 0. The van der Waals surface area contributed by atoms with Crippen LogP contribution in [-0.4, -0.2) is 5.78 Å². The van der Waals surface area contributed by atoms with Crippen LogP contribution < -0.4 is 5.32 Å². The van der Waals surface area contributed by atoms with Crippen LogP contribution >= 0.6 is 0 Å². The van der Waals surface area contributed by atoms with E-state index in [0.717, 1.165) is 12.8 Å². The van der Waals surface area contributed by atoms with E-state index < -0.39 is 0 Å². The number of quaternary nitrogens is 1. The van der Waals surface area contributed by atoms with Gasteiger partial charge in [0.05, 0.1) is 11.8 Å². The Kier molecular flexibility index (Phi) is 4.92. The number of hydrogen-bond donors (Lipinski definition) is 1. The average molecular weight is 308 g/mol. The van der Waals surface area contributed by atoms with Gasteiger partial charge in [-0.1, -0.05) is 74.5 Å². The van der Waals surface area contributed by atoms with Gasteiger partial charge in [-0.05, 0) is 12.8 Å². The summed E-state index contributed by atoms with van der Waals surface area (Å²) in [6.07, 6.45) is 1.82. The molecule has 2 nitrogen and oxygen atoms in total. The fourth-order valence-corrected chi connectivity index (χ4v) is 4.07. The van der Waals surface area contributed by atoms with Gasteiger partial charge in [-0.25, -0.2) is 0 Å². The third-order valence-corrected chi connectivity index (χ3v) is 5.26. The van der Waals surface area contributed by atoms with Gasteiger partial charge < -0.3 is 5.32 Å². The number of nitrogens with two attached hydrogens (primary N) is 1. The van der Waals surface area contributed by atoms with Gasteiger partial charge in [0.15, 0.2) is 5.78 Å². The van der Waals surface area contributed by atoms with E-state index in [0.29, 0.717) is 5.78 Å². The van der Waals surface area contributed by atoms with Crippen LogP contribution in [-0.2, 0) is 4.79 Å². The summed E-state index contributed by atoms with van der Waals surface area (Å²) < 4.78 is 0. The topological polar surface area (TPSA) is 33.7 Å².